The molecule has 0 unspecified atom stereocenters. The van der Waals surface area contributed by atoms with Gasteiger partial charge in [-0.2, -0.15) is 0 Å². The molecule has 76 valence electrons. The van der Waals surface area contributed by atoms with Crippen LogP contribution in [-0.2, 0) is 6.54 Å². The molecule has 0 saturated carbocycles. The Morgan fingerprint density at radius 1 is 1.36 bits per heavy atom. The second kappa shape index (κ2) is 4.11. The summed E-state index contributed by atoms with van der Waals surface area (Å²) in [6, 6.07) is 8.50. The Labute approximate surface area is 85.2 Å². The van der Waals surface area contributed by atoms with E-state index in [0.29, 0.717) is 12.5 Å². The van der Waals surface area contributed by atoms with Gasteiger partial charge in [-0.15, -0.1) is 0 Å². The van der Waals surface area contributed by atoms with E-state index in [4.69, 9.17) is 5.11 Å². The number of nitrogens with zero attached hydrogens (tertiary/aromatic N) is 1. The quantitative estimate of drug-likeness (QED) is 0.781. The smallest absolute Gasteiger partial charge is 0.0483 e. The first-order chi connectivity index (χ1) is 6.79. The molecule has 0 aromatic heterocycles. The number of aliphatic hydroxyl groups excluding tert-OH is 1. The highest BCUT2D eigenvalue weighted by molar-refractivity contribution is 5.25. The second-order valence-corrected chi connectivity index (χ2v) is 4.17. The van der Waals surface area contributed by atoms with Crippen LogP contribution in [0.15, 0.2) is 24.3 Å². The van der Waals surface area contributed by atoms with Crippen molar-refractivity contribution >= 4 is 0 Å². The van der Waals surface area contributed by atoms with E-state index in [1.807, 2.05) is 0 Å². The van der Waals surface area contributed by atoms with Crippen molar-refractivity contribution in [3.8, 4) is 0 Å². The Balaban J connectivity index is 1.90. The number of aryl methyl sites for hydroxylation is 1. The topological polar surface area (TPSA) is 23.5 Å². The van der Waals surface area contributed by atoms with Crippen LogP contribution in [0.1, 0.15) is 11.1 Å². The standard InChI is InChI=1S/C12H17NO/c1-10-4-2-3-5-12(10)8-13-6-11(7-13)9-14/h2-5,11,14H,6-9H2,1H3. The van der Waals surface area contributed by atoms with Crippen LogP contribution in [-0.4, -0.2) is 29.7 Å². The molecule has 0 bridgehead atoms. The molecule has 1 fully saturated rings. The molecule has 0 atom stereocenters. The summed E-state index contributed by atoms with van der Waals surface area (Å²) in [6.07, 6.45) is 0. The van der Waals surface area contributed by atoms with Crippen LogP contribution in [0.4, 0.5) is 0 Å². The molecule has 14 heavy (non-hydrogen) atoms. The average Bonchev–Trinajstić information content (AvgIpc) is 2.13. The minimum atomic E-state index is 0.338. The molecule has 0 radical (unpaired) electrons. The third kappa shape index (κ3) is 1.97. The van der Waals surface area contributed by atoms with Gasteiger partial charge in [-0.25, -0.2) is 0 Å². The molecule has 2 heteroatoms. The highest BCUT2D eigenvalue weighted by Gasteiger charge is 2.25. The molecule has 2 rings (SSSR count). The normalized spacial score (nSPS) is 18.1. The van der Waals surface area contributed by atoms with E-state index in [1.54, 1.807) is 0 Å². The van der Waals surface area contributed by atoms with E-state index < -0.39 is 0 Å². The molecular weight excluding hydrogens is 174 g/mol. The molecule has 1 aromatic carbocycles. The fourth-order valence-electron chi connectivity index (χ4n) is 1.95. The largest absolute Gasteiger partial charge is 0.396 e. The van der Waals surface area contributed by atoms with Crippen LogP contribution in [0.2, 0.25) is 0 Å². The first-order valence-electron chi connectivity index (χ1n) is 5.17. The number of aliphatic hydroxyl groups is 1. The first kappa shape index (κ1) is 9.69. The van der Waals surface area contributed by atoms with Gasteiger partial charge in [-0.1, -0.05) is 24.3 Å². The highest BCUT2D eigenvalue weighted by Crippen LogP contribution is 2.19. The van der Waals surface area contributed by atoms with Gasteiger partial charge < -0.3 is 5.11 Å². The zero-order valence-electron chi connectivity index (χ0n) is 8.61. The van der Waals surface area contributed by atoms with Crippen molar-refractivity contribution in [3.63, 3.8) is 0 Å². The first-order valence-corrected chi connectivity index (χ1v) is 5.17. The fraction of sp³-hybridized carbons (Fsp3) is 0.500. The SMILES string of the molecule is Cc1ccccc1CN1CC(CO)C1. The van der Waals surface area contributed by atoms with Crippen LogP contribution < -0.4 is 0 Å². The Bertz CT molecular complexity index is 305. The lowest BCUT2D eigenvalue weighted by molar-refractivity contribution is 0.0478. The van der Waals surface area contributed by atoms with Gasteiger partial charge in [0.25, 0.3) is 0 Å². The van der Waals surface area contributed by atoms with Gasteiger partial charge >= 0.3 is 0 Å². The van der Waals surface area contributed by atoms with Crippen molar-refractivity contribution in [1.82, 2.24) is 4.90 Å². The van der Waals surface area contributed by atoms with Crippen LogP contribution in [0.3, 0.4) is 0 Å². The Morgan fingerprint density at radius 3 is 2.71 bits per heavy atom. The van der Waals surface area contributed by atoms with E-state index in [9.17, 15) is 0 Å². The lowest BCUT2D eigenvalue weighted by Gasteiger charge is -2.38. The highest BCUT2D eigenvalue weighted by atomic mass is 16.3. The van der Waals surface area contributed by atoms with Crippen molar-refractivity contribution in [1.29, 1.82) is 0 Å². The molecule has 1 aromatic rings. The maximum absolute atomic E-state index is 8.90. The summed E-state index contributed by atoms with van der Waals surface area (Å²) < 4.78 is 0. The maximum Gasteiger partial charge on any atom is 0.0483 e. The zero-order valence-corrected chi connectivity index (χ0v) is 8.61. The van der Waals surface area contributed by atoms with E-state index in [0.717, 1.165) is 19.6 Å². The molecule has 1 aliphatic heterocycles. The lowest BCUT2D eigenvalue weighted by Crippen LogP contribution is -2.47. The third-order valence-electron chi connectivity index (χ3n) is 2.95. The van der Waals surface area contributed by atoms with Gasteiger partial charge in [0.1, 0.15) is 0 Å². The summed E-state index contributed by atoms with van der Waals surface area (Å²) in [6.45, 7) is 5.61. The number of benzene rings is 1. The number of hydrogen-bond donors (Lipinski definition) is 1. The molecule has 1 heterocycles. The number of likely N-dealkylation sites (tertiary alicyclic amines) is 1. The van der Waals surface area contributed by atoms with Gasteiger partial charge in [-0.05, 0) is 18.1 Å². The monoisotopic (exact) mass is 191 g/mol. The molecule has 1 aliphatic rings. The Kier molecular flexibility index (Phi) is 2.85. The molecule has 0 amide bonds. The van der Waals surface area contributed by atoms with E-state index in [-0.39, 0.29) is 0 Å². The fourth-order valence-corrected chi connectivity index (χ4v) is 1.95. The third-order valence-corrected chi connectivity index (χ3v) is 2.95. The van der Waals surface area contributed by atoms with Crippen molar-refractivity contribution in [2.45, 2.75) is 13.5 Å². The molecule has 2 nitrogen and oxygen atoms in total. The van der Waals surface area contributed by atoms with Crippen LogP contribution >= 0.6 is 0 Å². The number of hydrogen-bond acceptors (Lipinski definition) is 2. The van der Waals surface area contributed by atoms with Crippen LogP contribution in [0, 0.1) is 12.8 Å². The summed E-state index contributed by atoms with van der Waals surface area (Å²) in [5.41, 5.74) is 2.77. The summed E-state index contributed by atoms with van der Waals surface area (Å²) in [7, 11) is 0. The van der Waals surface area contributed by atoms with Crippen LogP contribution in [0.25, 0.3) is 0 Å². The summed E-state index contributed by atoms with van der Waals surface area (Å²) in [5.74, 6) is 0.513. The summed E-state index contributed by atoms with van der Waals surface area (Å²) in [5, 5.41) is 8.90. The van der Waals surface area contributed by atoms with Crippen molar-refractivity contribution in [3.05, 3.63) is 35.4 Å². The van der Waals surface area contributed by atoms with Gasteiger partial charge in [0, 0.05) is 32.2 Å². The molecule has 0 aliphatic carbocycles. The predicted molar refractivity (Wildman–Crippen MR) is 57.0 cm³/mol. The van der Waals surface area contributed by atoms with Crippen molar-refractivity contribution in [2.24, 2.45) is 5.92 Å². The van der Waals surface area contributed by atoms with Gasteiger partial charge in [0.15, 0.2) is 0 Å². The van der Waals surface area contributed by atoms with E-state index in [1.165, 1.54) is 11.1 Å². The zero-order chi connectivity index (χ0) is 9.97. The Hall–Kier alpha value is -0.860. The molecule has 1 N–H and O–H groups in total. The molecular formula is C12H17NO. The maximum atomic E-state index is 8.90. The summed E-state index contributed by atoms with van der Waals surface area (Å²) in [4.78, 5) is 2.38. The average molecular weight is 191 g/mol. The van der Waals surface area contributed by atoms with Crippen molar-refractivity contribution < 1.29 is 5.11 Å². The minimum Gasteiger partial charge on any atom is -0.396 e. The van der Waals surface area contributed by atoms with E-state index in [2.05, 4.69) is 36.1 Å². The second-order valence-electron chi connectivity index (χ2n) is 4.17. The van der Waals surface area contributed by atoms with Gasteiger partial charge in [-0.3, -0.25) is 4.90 Å². The number of rotatable bonds is 3. The van der Waals surface area contributed by atoms with Crippen LogP contribution in [0.5, 0.6) is 0 Å². The van der Waals surface area contributed by atoms with Gasteiger partial charge in [0.2, 0.25) is 0 Å². The molecule has 1 saturated heterocycles. The predicted octanol–water partition coefficient (Wildman–Crippen LogP) is 1.42. The van der Waals surface area contributed by atoms with E-state index >= 15 is 0 Å². The summed E-state index contributed by atoms with van der Waals surface area (Å²) >= 11 is 0. The Morgan fingerprint density at radius 2 is 2.07 bits per heavy atom. The van der Waals surface area contributed by atoms with Gasteiger partial charge in [0.05, 0.1) is 0 Å². The lowest BCUT2D eigenvalue weighted by atomic mass is 9.99. The minimum absolute atomic E-state index is 0.338. The molecule has 0 spiro atoms. The van der Waals surface area contributed by atoms with Crippen molar-refractivity contribution in [2.75, 3.05) is 19.7 Å².